The molecule has 1 aliphatic rings. The highest BCUT2D eigenvalue weighted by Crippen LogP contribution is 2.13. The van der Waals surface area contributed by atoms with E-state index in [9.17, 15) is 13.2 Å². The molecule has 0 saturated carbocycles. The second-order valence-corrected chi connectivity index (χ2v) is 8.60. The minimum absolute atomic E-state index is 0.117. The first-order valence-corrected chi connectivity index (χ1v) is 8.95. The van der Waals surface area contributed by atoms with Crippen LogP contribution in [0, 0.1) is 0 Å². The van der Waals surface area contributed by atoms with E-state index in [4.69, 9.17) is 4.74 Å². The zero-order valence-electron chi connectivity index (χ0n) is 13.1. The molecular weight excluding hydrogens is 306 g/mol. The van der Waals surface area contributed by atoms with Crippen LogP contribution < -0.4 is 4.90 Å². The van der Waals surface area contributed by atoms with Gasteiger partial charge in [-0.2, -0.15) is 0 Å². The third-order valence-corrected chi connectivity index (χ3v) is 4.70. The SMILES string of the molecule is CC(C)(C)OC(=O)Cc1cnc(N2CCS(=O)(=O)CC2)nc1. The van der Waals surface area contributed by atoms with Crippen LogP contribution in [0.5, 0.6) is 0 Å². The summed E-state index contributed by atoms with van der Waals surface area (Å²) >= 11 is 0. The number of rotatable bonds is 3. The summed E-state index contributed by atoms with van der Waals surface area (Å²) in [6.07, 6.45) is 3.27. The molecule has 8 heteroatoms. The van der Waals surface area contributed by atoms with Gasteiger partial charge < -0.3 is 9.64 Å². The van der Waals surface area contributed by atoms with E-state index in [1.807, 2.05) is 25.7 Å². The molecule has 0 unspecified atom stereocenters. The first-order chi connectivity index (χ1) is 10.1. The first-order valence-electron chi connectivity index (χ1n) is 7.13. The lowest BCUT2D eigenvalue weighted by molar-refractivity contribution is -0.153. The van der Waals surface area contributed by atoms with Crippen LogP contribution >= 0.6 is 0 Å². The summed E-state index contributed by atoms with van der Waals surface area (Å²) in [5, 5.41) is 0. The maximum Gasteiger partial charge on any atom is 0.310 e. The van der Waals surface area contributed by atoms with Crippen molar-refractivity contribution in [3.05, 3.63) is 18.0 Å². The molecule has 1 aliphatic heterocycles. The molecule has 0 atom stereocenters. The topological polar surface area (TPSA) is 89.5 Å². The van der Waals surface area contributed by atoms with Crippen molar-refractivity contribution < 1.29 is 17.9 Å². The van der Waals surface area contributed by atoms with Crippen molar-refractivity contribution in [1.82, 2.24) is 9.97 Å². The van der Waals surface area contributed by atoms with E-state index in [-0.39, 0.29) is 23.9 Å². The molecule has 2 heterocycles. The lowest BCUT2D eigenvalue weighted by Gasteiger charge is -2.26. The number of carbonyl (C=O) groups is 1. The fraction of sp³-hybridized carbons (Fsp3) is 0.643. The zero-order valence-corrected chi connectivity index (χ0v) is 13.9. The summed E-state index contributed by atoms with van der Waals surface area (Å²) in [6, 6.07) is 0. The quantitative estimate of drug-likeness (QED) is 0.751. The molecule has 0 aliphatic carbocycles. The van der Waals surface area contributed by atoms with Gasteiger partial charge in [0.2, 0.25) is 5.95 Å². The Balaban J connectivity index is 1.95. The Labute approximate surface area is 130 Å². The Kier molecular flexibility index (Phi) is 4.69. The maximum absolute atomic E-state index is 11.7. The third-order valence-electron chi connectivity index (χ3n) is 3.09. The van der Waals surface area contributed by atoms with Gasteiger partial charge in [-0.15, -0.1) is 0 Å². The molecule has 1 fully saturated rings. The molecule has 0 aromatic carbocycles. The van der Waals surface area contributed by atoms with E-state index in [1.165, 1.54) is 0 Å². The van der Waals surface area contributed by atoms with Gasteiger partial charge in [-0.25, -0.2) is 18.4 Å². The Morgan fingerprint density at radius 3 is 2.27 bits per heavy atom. The van der Waals surface area contributed by atoms with Crippen molar-refractivity contribution in [1.29, 1.82) is 0 Å². The van der Waals surface area contributed by atoms with Gasteiger partial charge in [0, 0.05) is 31.0 Å². The molecule has 22 heavy (non-hydrogen) atoms. The number of ether oxygens (including phenoxy) is 1. The van der Waals surface area contributed by atoms with Crippen molar-refractivity contribution in [3.8, 4) is 0 Å². The van der Waals surface area contributed by atoms with E-state index < -0.39 is 15.4 Å². The van der Waals surface area contributed by atoms with E-state index in [0.717, 1.165) is 0 Å². The third kappa shape index (κ3) is 4.94. The van der Waals surface area contributed by atoms with E-state index >= 15 is 0 Å². The highest BCUT2D eigenvalue weighted by atomic mass is 32.2. The van der Waals surface area contributed by atoms with Crippen molar-refractivity contribution in [3.63, 3.8) is 0 Å². The number of sulfone groups is 1. The molecule has 0 bridgehead atoms. The van der Waals surface area contributed by atoms with Crippen molar-refractivity contribution in [2.45, 2.75) is 32.8 Å². The van der Waals surface area contributed by atoms with Gasteiger partial charge >= 0.3 is 5.97 Å². The second-order valence-electron chi connectivity index (χ2n) is 6.29. The molecular formula is C14H21N3O4S. The highest BCUT2D eigenvalue weighted by molar-refractivity contribution is 7.91. The summed E-state index contributed by atoms with van der Waals surface area (Å²) < 4.78 is 28.0. The zero-order chi connectivity index (χ0) is 16.4. The number of esters is 1. The summed E-state index contributed by atoms with van der Waals surface area (Å²) in [5.41, 5.74) is 0.152. The predicted molar refractivity (Wildman–Crippen MR) is 82.4 cm³/mol. The van der Waals surface area contributed by atoms with Gasteiger partial charge in [-0.05, 0) is 20.8 Å². The Bertz CT molecular complexity index is 621. The summed E-state index contributed by atoms with van der Waals surface area (Å²) in [6.45, 7) is 6.24. The van der Waals surface area contributed by atoms with E-state index in [0.29, 0.717) is 24.6 Å². The van der Waals surface area contributed by atoms with Crippen molar-refractivity contribution in [2.75, 3.05) is 29.5 Å². The highest BCUT2D eigenvalue weighted by Gasteiger charge is 2.23. The van der Waals surface area contributed by atoms with Crippen LogP contribution in [0.15, 0.2) is 12.4 Å². The normalized spacial score (nSPS) is 18.0. The van der Waals surface area contributed by atoms with Gasteiger partial charge in [0.1, 0.15) is 5.60 Å². The van der Waals surface area contributed by atoms with Gasteiger partial charge in [0.05, 0.1) is 17.9 Å². The largest absolute Gasteiger partial charge is 0.460 e. The van der Waals surface area contributed by atoms with E-state index in [2.05, 4.69) is 9.97 Å². The van der Waals surface area contributed by atoms with E-state index in [1.54, 1.807) is 12.4 Å². The van der Waals surface area contributed by atoms with Crippen LogP contribution in [0.3, 0.4) is 0 Å². The monoisotopic (exact) mass is 327 g/mol. The number of anilines is 1. The van der Waals surface area contributed by atoms with Gasteiger partial charge in [-0.1, -0.05) is 0 Å². The average molecular weight is 327 g/mol. The molecule has 2 rings (SSSR count). The van der Waals surface area contributed by atoms with Crippen LogP contribution in [-0.2, 0) is 25.8 Å². The van der Waals surface area contributed by atoms with Crippen LogP contribution in [0.1, 0.15) is 26.3 Å². The molecule has 122 valence electrons. The summed E-state index contributed by atoms with van der Waals surface area (Å²) in [5.74, 6) is 0.405. The van der Waals surface area contributed by atoms with Gasteiger partial charge in [0.25, 0.3) is 0 Å². The summed E-state index contributed by atoms with van der Waals surface area (Å²) in [7, 11) is -2.92. The second kappa shape index (κ2) is 6.20. The lowest BCUT2D eigenvalue weighted by atomic mass is 10.2. The minimum Gasteiger partial charge on any atom is -0.460 e. The van der Waals surface area contributed by atoms with Crippen LogP contribution in [0.2, 0.25) is 0 Å². The number of hydrogen-bond acceptors (Lipinski definition) is 7. The van der Waals surface area contributed by atoms with Crippen LogP contribution in [-0.4, -0.2) is 54.6 Å². The molecule has 0 radical (unpaired) electrons. The number of carbonyl (C=O) groups excluding carboxylic acids is 1. The Morgan fingerprint density at radius 1 is 1.23 bits per heavy atom. The predicted octanol–water partition coefficient (Wildman–Crippen LogP) is 0.596. The van der Waals surface area contributed by atoms with Gasteiger partial charge in [-0.3, -0.25) is 4.79 Å². The van der Waals surface area contributed by atoms with Gasteiger partial charge in [0.15, 0.2) is 9.84 Å². The van der Waals surface area contributed by atoms with Crippen LogP contribution in [0.4, 0.5) is 5.95 Å². The smallest absolute Gasteiger partial charge is 0.310 e. The molecule has 0 spiro atoms. The summed E-state index contributed by atoms with van der Waals surface area (Å²) in [4.78, 5) is 22.0. The number of hydrogen-bond donors (Lipinski definition) is 0. The minimum atomic E-state index is -2.92. The maximum atomic E-state index is 11.7. The molecule has 1 aromatic heterocycles. The lowest BCUT2D eigenvalue weighted by Crippen LogP contribution is -2.41. The van der Waals surface area contributed by atoms with Crippen molar-refractivity contribution >= 4 is 21.8 Å². The fourth-order valence-corrected chi connectivity index (χ4v) is 3.26. The molecule has 7 nitrogen and oxygen atoms in total. The van der Waals surface area contributed by atoms with Crippen LogP contribution in [0.25, 0.3) is 0 Å². The molecule has 0 amide bonds. The number of aromatic nitrogens is 2. The first kappa shape index (κ1) is 16.7. The Morgan fingerprint density at radius 2 is 1.77 bits per heavy atom. The number of nitrogens with zero attached hydrogens (tertiary/aromatic N) is 3. The molecule has 0 N–H and O–H groups in total. The van der Waals surface area contributed by atoms with Crippen molar-refractivity contribution in [2.24, 2.45) is 0 Å². The Hall–Kier alpha value is -1.70. The molecule has 1 aromatic rings. The fourth-order valence-electron chi connectivity index (χ4n) is 2.06. The average Bonchev–Trinajstić information content (AvgIpc) is 2.37. The standard InChI is InChI=1S/C14H21N3O4S/c1-14(2,3)21-12(18)8-11-9-15-13(16-10-11)17-4-6-22(19,20)7-5-17/h9-10H,4-8H2,1-3H3. The molecule has 1 saturated heterocycles.